The van der Waals surface area contributed by atoms with E-state index in [1.807, 2.05) is 4.90 Å². The predicted molar refractivity (Wildman–Crippen MR) is 49.3 cm³/mol. The Bertz CT molecular complexity index is 201. The number of carbonyl (C=O) groups is 1. The minimum absolute atomic E-state index is 0.0585. The SMILES string of the molecule is CC1CNC(=O)N1C1CCCC[N]1. The molecule has 73 valence electrons. The van der Waals surface area contributed by atoms with E-state index in [0.29, 0.717) is 6.04 Å². The zero-order valence-corrected chi connectivity index (χ0v) is 7.99. The van der Waals surface area contributed by atoms with Crippen LogP contribution in [0.25, 0.3) is 0 Å². The van der Waals surface area contributed by atoms with Crippen LogP contribution in [0.1, 0.15) is 26.2 Å². The Balaban J connectivity index is 2.00. The maximum absolute atomic E-state index is 11.4. The highest BCUT2D eigenvalue weighted by Gasteiger charge is 2.34. The molecule has 4 heteroatoms. The quantitative estimate of drug-likeness (QED) is 0.631. The minimum Gasteiger partial charge on any atom is -0.336 e. The number of nitrogens with one attached hydrogen (secondary N) is 1. The molecule has 1 N–H and O–H groups in total. The van der Waals surface area contributed by atoms with Gasteiger partial charge in [0, 0.05) is 19.1 Å². The van der Waals surface area contributed by atoms with Crippen molar-refractivity contribution in [3.8, 4) is 0 Å². The lowest BCUT2D eigenvalue weighted by atomic mass is 10.1. The highest BCUT2D eigenvalue weighted by atomic mass is 16.2. The Kier molecular flexibility index (Phi) is 2.40. The largest absolute Gasteiger partial charge is 0.336 e. The van der Waals surface area contributed by atoms with Gasteiger partial charge in [-0.3, -0.25) is 0 Å². The molecule has 1 radical (unpaired) electrons. The average molecular weight is 182 g/mol. The molecule has 4 nitrogen and oxygen atoms in total. The third-order valence-electron chi connectivity index (χ3n) is 2.79. The van der Waals surface area contributed by atoms with Crippen molar-refractivity contribution < 1.29 is 4.79 Å². The Hall–Kier alpha value is -0.770. The van der Waals surface area contributed by atoms with Gasteiger partial charge in [-0.15, -0.1) is 0 Å². The van der Waals surface area contributed by atoms with Crippen LogP contribution < -0.4 is 10.6 Å². The van der Waals surface area contributed by atoms with Gasteiger partial charge in [0.2, 0.25) is 0 Å². The van der Waals surface area contributed by atoms with Crippen molar-refractivity contribution in [2.75, 3.05) is 13.1 Å². The van der Waals surface area contributed by atoms with Crippen molar-refractivity contribution in [2.24, 2.45) is 0 Å². The lowest BCUT2D eigenvalue weighted by Crippen LogP contribution is -2.48. The van der Waals surface area contributed by atoms with Crippen molar-refractivity contribution in [1.82, 2.24) is 15.5 Å². The van der Waals surface area contributed by atoms with E-state index in [2.05, 4.69) is 17.6 Å². The van der Waals surface area contributed by atoms with Gasteiger partial charge >= 0.3 is 6.03 Å². The third kappa shape index (κ3) is 1.63. The van der Waals surface area contributed by atoms with Crippen LogP contribution in [0.15, 0.2) is 0 Å². The lowest BCUT2D eigenvalue weighted by Gasteiger charge is -2.32. The normalized spacial score (nSPS) is 34.8. The second kappa shape index (κ2) is 3.54. The Morgan fingerprint density at radius 3 is 2.92 bits per heavy atom. The van der Waals surface area contributed by atoms with Crippen LogP contribution in [0.2, 0.25) is 0 Å². The number of piperidine rings is 1. The van der Waals surface area contributed by atoms with E-state index in [9.17, 15) is 4.79 Å². The summed E-state index contributed by atoms with van der Waals surface area (Å²) in [6.07, 6.45) is 3.56. The van der Waals surface area contributed by atoms with Crippen molar-refractivity contribution in [3.05, 3.63) is 0 Å². The average Bonchev–Trinajstić information content (AvgIpc) is 2.48. The predicted octanol–water partition coefficient (Wildman–Crippen LogP) is 0.514. The molecule has 2 amide bonds. The van der Waals surface area contributed by atoms with Crippen LogP contribution in [-0.2, 0) is 0 Å². The molecule has 13 heavy (non-hydrogen) atoms. The molecular weight excluding hydrogens is 166 g/mol. The van der Waals surface area contributed by atoms with E-state index in [1.54, 1.807) is 0 Å². The second-order valence-electron chi connectivity index (χ2n) is 3.82. The Morgan fingerprint density at radius 1 is 1.54 bits per heavy atom. The fourth-order valence-electron chi connectivity index (χ4n) is 2.05. The molecule has 2 heterocycles. The van der Waals surface area contributed by atoms with Crippen LogP contribution in [0.3, 0.4) is 0 Å². The molecule has 0 spiro atoms. The first kappa shape index (κ1) is 8.81. The third-order valence-corrected chi connectivity index (χ3v) is 2.79. The van der Waals surface area contributed by atoms with Crippen molar-refractivity contribution in [3.63, 3.8) is 0 Å². The van der Waals surface area contributed by atoms with Gasteiger partial charge in [0.25, 0.3) is 0 Å². The summed E-state index contributed by atoms with van der Waals surface area (Å²) >= 11 is 0. The standard InChI is InChI=1S/C9H16N3O/c1-7-6-11-9(13)12(7)8-4-2-3-5-10-8/h7-8H,2-6H2,1H3,(H,11,13). The molecular formula is C9H16N3O. The van der Waals surface area contributed by atoms with Gasteiger partial charge in [-0.2, -0.15) is 0 Å². The van der Waals surface area contributed by atoms with Crippen molar-refractivity contribution in [2.45, 2.75) is 38.4 Å². The Labute approximate surface area is 78.7 Å². The zero-order valence-electron chi connectivity index (χ0n) is 7.99. The smallest absolute Gasteiger partial charge is 0.319 e. The Morgan fingerprint density at radius 2 is 2.38 bits per heavy atom. The summed E-state index contributed by atoms with van der Waals surface area (Å²) in [6, 6.07) is 0.363. The number of hydrogen-bond donors (Lipinski definition) is 1. The summed E-state index contributed by atoms with van der Waals surface area (Å²) < 4.78 is 0. The van der Waals surface area contributed by atoms with E-state index >= 15 is 0 Å². The minimum atomic E-state index is 0.0585. The summed E-state index contributed by atoms with van der Waals surface area (Å²) in [5, 5.41) is 7.32. The molecule has 2 rings (SSSR count). The molecule has 2 aliphatic rings. The van der Waals surface area contributed by atoms with Gasteiger partial charge in [0.1, 0.15) is 6.17 Å². The van der Waals surface area contributed by atoms with Crippen LogP contribution in [0.4, 0.5) is 4.79 Å². The monoisotopic (exact) mass is 182 g/mol. The van der Waals surface area contributed by atoms with Gasteiger partial charge in [-0.1, -0.05) is 0 Å². The molecule has 2 atom stereocenters. The summed E-state index contributed by atoms with van der Waals surface area (Å²) in [5.74, 6) is 0. The molecule has 2 aliphatic heterocycles. The van der Waals surface area contributed by atoms with E-state index < -0.39 is 0 Å². The topological polar surface area (TPSA) is 46.4 Å². The summed E-state index contributed by atoms with van der Waals surface area (Å²) in [5.41, 5.74) is 0. The number of rotatable bonds is 1. The first-order valence-corrected chi connectivity index (χ1v) is 5.02. The maximum atomic E-state index is 11.4. The van der Waals surface area contributed by atoms with Gasteiger partial charge < -0.3 is 10.2 Å². The van der Waals surface area contributed by atoms with Crippen molar-refractivity contribution >= 4 is 6.03 Å². The van der Waals surface area contributed by atoms with Gasteiger partial charge in [-0.05, 0) is 26.2 Å². The fraction of sp³-hybridized carbons (Fsp3) is 0.889. The molecule has 0 aliphatic carbocycles. The van der Waals surface area contributed by atoms with E-state index in [4.69, 9.17) is 0 Å². The van der Waals surface area contributed by atoms with E-state index in [-0.39, 0.29) is 12.2 Å². The van der Waals surface area contributed by atoms with E-state index in [0.717, 1.165) is 19.5 Å². The van der Waals surface area contributed by atoms with Crippen molar-refractivity contribution in [1.29, 1.82) is 0 Å². The fourth-order valence-corrected chi connectivity index (χ4v) is 2.05. The number of urea groups is 1. The van der Waals surface area contributed by atoms with Gasteiger partial charge in [0.15, 0.2) is 0 Å². The van der Waals surface area contributed by atoms with Crippen LogP contribution in [0, 0.1) is 0 Å². The summed E-state index contributed by atoms with van der Waals surface area (Å²) in [4.78, 5) is 13.3. The molecule has 0 aromatic rings. The highest BCUT2D eigenvalue weighted by molar-refractivity contribution is 5.77. The molecule has 0 aromatic heterocycles. The summed E-state index contributed by atoms with van der Waals surface area (Å²) in [6.45, 7) is 3.76. The van der Waals surface area contributed by atoms with Crippen LogP contribution in [-0.4, -0.2) is 36.2 Å². The second-order valence-corrected chi connectivity index (χ2v) is 3.82. The van der Waals surface area contributed by atoms with Crippen LogP contribution >= 0.6 is 0 Å². The first-order valence-electron chi connectivity index (χ1n) is 5.02. The van der Waals surface area contributed by atoms with Gasteiger partial charge in [-0.25, -0.2) is 10.1 Å². The molecule has 2 fully saturated rings. The first-order chi connectivity index (χ1) is 6.29. The maximum Gasteiger partial charge on any atom is 0.319 e. The molecule has 0 aromatic carbocycles. The molecule has 0 bridgehead atoms. The van der Waals surface area contributed by atoms with E-state index in [1.165, 1.54) is 12.8 Å². The van der Waals surface area contributed by atoms with Gasteiger partial charge in [0.05, 0.1) is 0 Å². The van der Waals surface area contributed by atoms with Crippen LogP contribution in [0.5, 0.6) is 0 Å². The number of carbonyl (C=O) groups excluding carboxylic acids is 1. The number of amides is 2. The number of nitrogens with zero attached hydrogens (tertiary/aromatic N) is 2. The highest BCUT2D eigenvalue weighted by Crippen LogP contribution is 2.18. The summed E-state index contributed by atoms with van der Waals surface area (Å²) in [7, 11) is 0. The molecule has 2 unspecified atom stereocenters. The lowest BCUT2D eigenvalue weighted by molar-refractivity contribution is 0.143. The molecule has 2 saturated heterocycles. The molecule has 0 saturated carbocycles. The zero-order chi connectivity index (χ0) is 9.26. The number of hydrogen-bond acceptors (Lipinski definition) is 1.